The van der Waals surface area contributed by atoms with Crippen molar-refractivity contribution in [1.29, 1.82) is 0 Å². The number of hydrogen-bond acceptors (Lipinski definition) is 3. The summed E-state index contributed by atoms with van der Waals surface area (Å²) in [6.45, 7) is 2.64. The van der Waals surface area contributed by atoms with E-state index in [1.54, 1.807) is 0 Å². The van der Waals surface area contributed by atoms with Crippen LogP contribution in [0.25, 0.3) is 0 Å². The van der Waals surface area contributed by atoms with Gasteiger partial charge >= 0.3 is 0 Å². The second-order valence-electron chi connectivity index (χ2n) is 5.17. The molecule has 0 saturated heterocycles. The van der Waals surface area contributed by atoms with Gasteiger partial charge in [-0.15, -0.1) is 0 Å². The third-order valence-electron chi connectivity index (χ3n) is 3.62. The van der Waals surface area contributed by atoms with Crippen LogP contribution in [-0.4, -0.2) is 35.7 Å². The normalized spacial score (nSPS) is 31.4. The van der Waals surface area contributed by atoms with Crippen molar-refractivity contribution in [3.8, 4) is 0 Å². The highest BCUT2D eigenvalue weighted by molar-refractivity contribution is 5.81. The molecule has 16 heavy (non-hydrogen) atoms. The zero-order chi connectivity index (χ0) is 11.5. The summed E-state index contributed by atoms with van der Waals surface area (Å²) >= 11 is 0. The molecule has 92 valence electrons. The molecule has 0 heterocycles. The molecule has 4 heteroatoms. The second kappa shape index (κ2) is 5.15. The van der Waals surface area contributed by atoms with Crippen molar-refractivity contribution in [1.82, 2.24) is 10.6 Å². The molecule has 1 amide bonds. The lowest BCUT2D eigenvalue weighted by molar-refractivity contribution is -0.123. The molecular formula is C12H22N2O2. The van der Waals surface area contributed by atoms with Crippen LogP contribution in [0.4, 0.5) is 0 Å². The molecule has 0 bridgehead atoms. The predicted molar refractivity (Wildman–Crippen MR) is 62.0 cm³/mol. The van der Waals surface area contributed by atoms with Gasteiger partial charge in [-0.25, -0.2) is 0 Å². The molecule has 2 rings (SSSR count). The number of aliphatic hydroxyl groups is 1. The average molecular weight is 226 g/mol. The summed E-state index contributed by atoms with van der Waals surface area (Å²) < 4.78 is 0. The summed E-state index contributed by atoms with van der Waals surface area (Å²) in [5, 5.41) is 15.8. The largest absolute Gasteiger partial charge is 0.393 e. The molecule has 2 aliphatic rings. The smallest absolute Gasteiger partial charge is 0.237 e. The maximum atomic E-state index is 11.6. The first-order valence-electron chi connectivity index (χ1n) is 6.38. The first-order chi connectivity index (χ1) is 7.66. The van der Waals surface area contributed by atoms with Crippen molar-refractivity contribution >= 4 is 5.91 Å². The maximum absolute atomic E-state index is 11.6. The van der Waals surface area contributed by atoms with Crippen LogP contribution >= 0.6 is 0 Å². The topological polar surface area (TPSA) is 61.4 Å². The van der Waals surface area contributed by atoms with Crippen molar-refractivity contribution in [2.75, 3.05) is 6.54 Å². The van der Waals surface area contributed by atoms with Gasteiger partial charge in [0.05, 0.1) is 12.1 Å². The van der Waals surface area contributed by atoms with Gasteiger partial charge in [-0.1, -0.05) is 6.42 Å². The van der Waals surface area contributed by atoms with E-state index in [-0.39, 0.29) is 18.1 Å². The lowest BCUT2D eigenvalue weighted by atomic mass is 10.1. The van der Waals surface area contributed by atoms with Crippen LogP contribution in [0.5, 0.6) is 0 Å². The average Bonchev–Trinajstić information content (AvgIpc) is 2.97. The summed E-state index contributed by atoms with van der Waals surface area (Å²) in [7, 11) is 0. The summed E-state index contributed by atoms with van der Waals surface area (Å²) in [5.41, 5.74) is 0. The Bertz CT molecular complexity index is 253. The summed E-state index contributed by atoms with van der Waals surface area (Å²) in [6, 6.07) is 0.280. The third-order valence-corrected chi connectivity index (χ3v) is 3.62. The van der Waals surface area contributed by atoms with E-state index >= 15 is 0 Å². The van der Waals surface area contributed by atoms with Crippen molar-refractivity contribution in [3.63, 3.8) is 0 Å². The lowest BCUT2D eigenvalue weighted by Crippen LogP contribution is -2.45. The van der Waals surface area contributed by atoms with Gasteiger partial charge in [-0.2, -0.15) is 0 Å². The van der Waals surface area contributed by atoms with Crippen LogP contribution in [0.2, 0.25) is 0 Å². The molecule has 0 radical (unpaired) electrons. The van der Waals surface area contributed by atoms with Gasteiger partial charge in [0.15, 0.2) is 0 Å². The Hall–Kier alpha value is -0.610. The van der Waals surface area contributed by atoms with Crippen LogP contribution in [-0.2, 0) is 4.79 Å². The molecule has 3 atom stereocenters. The molecule has 0 aromatic rings. The summed E-state index contributed by atoms with van der Waals surface area (Å²) in [6.07, 6.45) is 5.17. The van der Waals surface area contributed by atoms with Gasteiger partial charge in [-0.05, 0) is 38.5 Å². The van der Waals surface area contributed by atoms with Crippen LogP contribution in [0.3, 0.4) is 0 Å². The van der Waals surface area contributed by atoms with E-state index in [1.165, 1.54) is 0 Å². The van der Waals surface area contributed by atoms with Gasteiger partial charge < -0.3 is 15.7 Å². The lowest BCUT2D eigenvalue weighted by Gasteiger charge is -2.19. The fourth-order valence-corrected chi connectivity index (χ4v) is 2.23. The quantitative estimate of drug-likeness (QED) is 0.636. The van der Waals surface area contributed by atoms with E-state index in [0.29, 0.717) is 12.0 Å². The van der Waals surface area contributed by atoms with Crippen molar-refractivity contribution in [3.05, 3.63) is 0 Å². The zero-order valence-electron chi connectivity index (χ0n) is 9.91. The third kappa shape index (κ3) is 3.19. The highest BCUT2D eigenvalue weighted by atomic mass is 16.3. The highest BCUT2D eigenvalue weighted by Crippen LogP contribution is 2.24. The fraction of sp³-hybridized carbons (Fsp3) is 0.917. The molecule has 2 saturated carbocycles. The fourth-order valence-electron chi connectivity index (χ4n) is 2.23. The number of nitrogens with one attached hydrogen (secondary N) is 2. The Labute approximate surface area is 96.8 Å². The number of rotatable bonds is 5. The minimum Gasteiger partial charge on any atom is -0.393 e. The molecule has 2 aliphatic carbocycles. The molecule has 3 N–H and O–H groups in total. The van der Waals surface area contributed by atoms with Crippen LogP contribution in [0.15, 0.2) is 0 Å². The SMILES string of the molecule is CC(NCC1CCCC1O)C(=O)NC1CC1. The van der Waals surface area contributed by atoms with Gasteiger partial charge in [-0.3, -0.25) is 4.79 Å². The molecule has 0 aliphatic heterocycles. The molecule has 0 aromatic heterocycles. The molecule has 4 nitrogen and oxygen atoms in total. The van der Waals surface area contributed by atoms with Gasteiger partial charge in [0.1, 0.15) is 0 Å². The minimum atomic E-state index is -0.175. The van der Waals surface area contributed by atoms with Gasteiger partial charge in [0.25, 0.3) is 0 Å². The summed E-state index contributed by atoms with van der Waals surface area (Å²) in [4.78, 5) is 11.6. The molecule has 0 spiro atoms. The standard InChI is InChI=1S/C12H22N2O2/c1-8(12(16)14-10-5-6-10)13-7-9-3-2-4-11(9)15/h8-11,13,15H,2-7H2,1H3,(H,14,16). The Balaban J connectivity index is 1.65. The van der Waals surface area contributed by atoms with E-state index in [1.807, 2.05) is 6.92 Å². The highest BCUT2D eigenvalue weighted by Gasteiger charge is 2.28. The number of hydrogen-bond donors (Lipinski definition) is 3. The Kier molecular flexibility index (Phi) is 3.82. The van der Waals surface area contributed by atoms with Crippen molar-refractivity contribution in [2.24, 2.45) is 5.92 Å². The van der Waals surface area contributed by atoms with Gasteiger partial charge in [0.2, 0.25) is 5.91 Å². The van der Waals surface area contributed by atoms with Gasteiger partial charge in [0, 0.05) is 12.6 Å². The van der Waals surface area contributed by atoms with E-state index in [9.17, 15) is 9.90 Å². The number of amides is 1. The molecular weight excluding hydrogens is 204 g/mol. The Morgan fingerprint density at radius 1 is 1.38 bits per heavy atom. The summed E-state index contributed by atoms with van der Waals surface area (Å²) in [5.74, 6) is 0.422. The molecule has 2 fully saturated rings. The second-order valence-corrected chi connectivity index (χ2v) is 5.17. The Morgan fingerprint density at radius 2 is 2.12 bits per heavy atom. The molecule has 0 aromatic carbocycles. The minimum absolute atomic E-state index is 0.0926. The van der Waals surface area contributed by atoms with E-state index < -0.39 is 0 Å². The van der Waals surface area contributed by atoms with E-state index in [4.69, 9.17) is 0 Å². The maximum Gasteiger partial charge on any atom is 0.237 e. The van der Waals surface area contributed by atoms with Crippen molar-refractivity contribution in [2.45, 2.75) is 57.2 Å². The van der Waals surface area contributed by atoms with Crippen LogP contribution < -0.4 is 10.6 Å². The predicted octanol–water partition coefficient (Wildman–Crippen LogP) is 0.404. The number of aliphatic hydroxyl groups excluding tert-OH is 1. The van der Waals surface area contributed by atoms with Crippen molar-refractivity contribution < 1.29 is 9.90 Å². The van der Waals surface area contributed by atoms with E-state index in [2.05, 4.69) is 10.6 Å². The first-order valence-corrected chi connectivity index (χ1v) is 6.38. The van der Waals surface area contributed by atoms with Crippen LogP contribution in [0.1, 0.15) is 39.0 Å². The first kappa shape index (κ1) is 11.9. The van der Waals surface area contributed by atoms with E-state index in [0.717, 1.165) is 38.6 Å². The monoisotopic (exact) mass is 226 g/mol. The number of carbonyl (C=O) groups excluding carboxylic acids is 1. The Morgan fingerprint density at radius 3 is 2.69 bits per heavy atom. The number of carbonyl (C=O) groups is 1. The molecule has 3 unspecified atom stereocenters. The van der Waals surface area contributed by atoms with Crippen LogP contribution in [0, 0.1) is 5.92 Å². The zero-order valence-corrected chi connectivity index (χ0v) is 9.91.